The van der Waals surface area contributed by atoms with E-state index in [4.69, 9.17) is 28.8 Å². The van der Waals surface area contributed by atoms with Crippen LogP contribution in [0.1, 0.15) is 79.1 Å². The van der Waals surface area contributed by atoms with Crippen molar-refractivity contribution in [2.75, 3.05) is 39.6 Å². The van der Waals surface area contributed by atoms with Crippen molar-refractivity contribution < 1.29 is 58.5 Å². The fraction of sp³-hybridized carbons (Fsp3) is 0.710. The molecule has 0 heterocycles. The van der Waals surface area contributed by atoms with Crippen LogP contribution in [0.5, 0.6) is 0 Å². The Balaban J connectivity index is 5.02. The normalized spacial score (nSPS) is 14.6. The van der Waals surface area contributed by atoms with E-state index >= 15 is 0 Å². The van der Waals surface area contributed by atoms with E-state index in [0.717, 1.165) is 44.9 Å². The smallest absolute Gasteiger partial charge is 0.336 e. The second kappa shape index (κ2) is 23.8. The van der Waals surface area contributed by atoms with Gasteiger partial charge in [0.05, 0.1) is 19.3 Å². The molecular formula is C31H52O12. The van der Waals surface area contributed by atoms with Crippen LogP contribution < -0.4 is 0 Å². The number of esters is 3. The van der Waals surface area contributed by atoms with E-state index in [-0.39, 0.29) is 56.4 Å². The lowest BCUT2D eigenvalue weighted by Crippen LogP contribution is -2.34. The van der Waals surface area contributed by atoms with Crippen LogP contribution in [0.2, 0.25) is 0 Å². The Morgan fingerprint density at radius 3 is 1.65 bits per heavy atom. The third-order valence-electron chi connectivity index (χ3n) is 6.32. The third-order valence-corrected chi connectivity index (χ3v) is 6.32. The summed E-state index contributed by atoms with van der Waals surface area (Å²) < 4.78 is 26.0. The molecule has 0 radical (unpaired) electrons. The minimum atomic E-state index is -1.32. The maximum atomic E-state index is 12.9. The molecule has 0 fully saturated rings. The molecule has 4 N–H and O–H groups in total. The molecule has 0 spiro atoms. The Kier molecular flexibility index (Phi) is 22.4. The number of rotatable bonds is 25. The molecular weight excluding hydrogens is 564 g/mol. The molecule has 0 saturated carbocycles. The summed E-state index contributed by atoms with van der Waals surface area (Å²) in [6, 6.07) is 0. The van der Waals surface area contributed by atoms with Crippen molar-refractivity contribution in [2.24, 2.45) is 0 Å². The van der Waals surface area contributed by atoms with E-state index in [1.165, 1.54) is 20.8 Å². The van der Waals surface area contributed by atoms with Crippen molar-refractivity contribution in [3.05, 3.63) is 35.5 Å². The Morgan fingerprint density at radius 2 is 1.14 bits per heavy atom. The van der Waals surface area contributed by atoms with Gasteiger partial charge in [0.2, 0.25) is 6.29 Å². The average Bonchev–Trinajstić information content (AvgIpc) is 2.97. The van der Waals surface area contributed by atoms with Gasteiger partial charge in [0.25, 0.3) is 0 Å². The molecule has 0 aliphatic rings. The van der Waals surface area contributed by atoms with Crippen molar-refractivity contribution in [1.29, 1.82) is 0 Å². The fourth-order valence-corrected chi connectivity index (χ4v) is 3.49. The fourth-order valence-electron chi connectivity index (χ4n) is 3.49. The van der Waals surface area contributed by atoms with Crippen LogP contribution in [-0.4, -0.2) is 103 Å². The minimum Gasteiger partial charge on any atom is -0.460 e. The summed E-state index contributed by atoms with van der Waals surface area (Å²) >= 11 is 0. The van der Waals surface area contributed by atoms with Crippen LogP contribution in [0.15, 0.2) is 35.5 Å². The third kappa shape index (κ3) is 20.1. The number of hydrogen-bond acceptors (Lipinski definition) is 12. The van der Waals surface area contributed by atoms with E-state index < -0.39 is 42.5 Å². The summed E-state index contributed by atoms with van der Waals surface area (Å²) in [6.45, 7) is 11.5. The summed E-state index contributed by atoms with van der Waals surface area (Å²) in [4.78, 5) is 35.9. The van der Waals surface area contributed by atoms with Crippen molar-refractivity contribution >= 4 is 17.9 Å². The van der Waals surface area contributed by atoms with E-state index in [1.54, 1.807) is 6.92 Å². The van der Waals surface area contributed by atoms with Crippen molar-refractivity contribution in [1.82, 2.24) is 0 Å². The molecule has 12 heteroatoms. The molecule has 0 amide bonds. The molecule has 43 heavy (non-hydrogen) atoms. The number of unbranched alkanes of at least 4 members (excludes halogenated alkanes) is 6. The molecule has 0 aliphatic heterocycles. The SMILES string of the molecule is C=C(C)C(=O)OCC(O)COCC(OCC(O)COC(=O)C(=C)C)OC(=O)C(C)=C(C)C(O)CCCCCCCCCO. The second-order valence-electron chi connectivity index (χ2n) is 10.6. The summed E-state index contributed by atoms with van der Waals surface area (Å²) in [5, 5.41) is 39.6. The Labute approximate surface area is 255 Å². The first kappa shape index (κ1) is 40.4. The topological polar surface area (TPSA) is 178 Å². The molecule has 0 aromatic rings. The molecule has 0 aromatic carbocycles. The molecule has 0 aromatic heterocycles. The van der Waals surface area contributed by atoms with E-state index in [1.807, 2.05) is 0 Å². The highest BCUT2D eigenvalue weighted by Gasteiger charge is 2.22. The first-order valence-corrected chi connectivity index (χ1v) is 14.7. The van der Waals surface area contributed by atoms with Crippen LogP contribution in [0, 0.1) is 0 Å². The molecule has 248 valence electrons. The zero-order valence-electron chi connectivity index (χ0n) is 26.2. The Hall–Kier alpha value is -2.61. The first-order valence-electron chi connectivity index (χ1n) is 14.7. The van der Waals surface area contributed by atoms with Crippen LogP contribution in [0.3, 0.4) is 0 Å². The minimum absolute atomic E-state index is 0.162. The van der Waals surface area contributed by atoms with Crippen LogP contribution >= 0.6 is 0 Å². The van der Waals surface area contributed by atoms with Gasteiger partial charge in [-0.25, -0.2) is 14.4 Å². The molecule has 4 atom stereocenters. The maximum Gasteiger partial charge on any atom is 0.336 e. The Bertz CT molecular complexity index is 897. The zero-order valence-corrected chi connectivity index (χ0v) is 26.2. The summed E-state index contributed by atoms with van der Waals surface area (Å²) in [5.41, 5.74) is 0.979. The number of aliphatic hydroxyl groups excluding tert-OH is 4. The van der Waals surface area contributed by atoms with Gasteiger partial charge in [0.1, 0.15) is 32.0 Å². The standard InChI is InChI=1S/C31H52O12/c1-21(2)29(36)41-18-25(33)16-39-20-28(40-17-26(34)19-42-30(37)22(3)4)43-31(38)24(6)23(5)27(35)14-12-10-8-7-9-11-13-15-32/h25-28,32-35H,1,3,7-20H2,2,4-6H3. The molecule has 12 nitrogen and oxygen atoms in total. The highest BCUT2D eigenvalue weighted by atomic mass is 16.7. The van der Waals surface area contributed by atoms with E-state index in [2.05, 4.69) is 13.2 Å². The quantitative estimate of drug-likeness (QED) is 0.0388. The van der Waals surface area contributed by atoms with Crippen molar-refractivity contribution in [3.8, 4) is 0 Å². The second-order valence-corrected chi connectivity index (χ2v) is 10.6. The number of ether oxygens (including phenoxy) is 5. The largest absolute Gasteiger partial charge is 0.460 e. The predicted molar refractivity (Wildman–Crippen MR) is 159 cm³/mol. The highest BCUT2D eigenvalue weighted by Crippen LogP contribution is 2.18. The number of carbonyl (C=O) groups is 3. The zero-order chi connectivity index (χ0) is 32.8. The van der Waals surface area contributed by atoms with Gasteiger partial charge in [0.15, 0.2) is 0 Å². The summed E-state index contributed by atoms with van der Waals surface area (Å²) in [5.74, 6) is -2.11. The van der Waals surface area contributed by atoms with Gasteiger partial charge in [-0.15, -0.1) is 0 Å². The predicted octanol–water partition coefficient (Wildman–Crippen LogP) is 2.66. The lowest BCUT2D eigenvalue weighted by Gasteiger charge is -2.22. The van der Waals surface area contributed by atoms with Crippen LogP contribution in [0.4, 0.5) is 0 Å². The van der Waals surface area contributed by atoms with Crippen LogP contribution in [-0.2, 0) is 38.1 Å². The van der Waals surface area contributed by atoms with Gasteiger partial charge >= 0.3 is 17.9 Å². The number of aliphatic hydroxyl groups is 4. The van der Waals surface area contributed by atoms with Crippen LogP contribution in [0.25, 0.3) is 0 Å². The molecule has 0 rings (SSSR count). The monoisotopic (exact) mass is 616 g/mol. The van der Waals surface area contributed by atoms with E-state index in [0.29, 0.717) is 12.0 Å². The highest BCUT2D eigenvalue weighted by molar-refractivity contribution is 5.89. The lowest BCUT2D eigenvalue weighted by molar-refractivity contribution is -0.197. The average molecular weight is 617 g/mol. The molecule has 0 aliphatic carbocycles. The summed E-state index contributed by atoms with van der Waals surface area (Å²) in [6.07, 6.45) is 2.64. The molecule has 0 saturated heterocycles. The maximum absolute atomic E-state index is 12.9. The Morgan fingerprint density at radius 1 is 0.651 bits per heavy atom. The van der Waals surface area contributed by atoms with Gasteiger partial charge in [-0.1, -0.05) is 51.7 Å². The first-order chi connectivity index (χ1) is 20.3. The summed E-state index contributed by atoms with van der Waals surface area (Å²) in [7, 11) is 0. The van der Waals surface area contributed by atoms with Gasteiger partial charge in [-0.2, -0.15) is 0 Å². The van der Waals surface area contributed by atoms with Crippen molar-refractivity contribution in [3.63, 3.8) is 0 Å². The van der Waals surface area contributed by atoms with E-state index in [9.17, 15) is 29.7 Å². The molecule has 0 bridgehead atoms. The molecule has 4 unspecified atom stereocenters. The van der Waals surface area contributed by atoms with Gasteiger partial charge < -0.3 is 44.1 Å². The van der Waals surface area contributed by atoms with Gasteiger partial charge in [-0.05, 0) is 46.1 Å². The number of carbonyl (C=O) groups excluding carboxylic acids is 3. The number of hydrogen-bond donors (Lipinski definition) is 4. The van der Waals surface area contributed by atoms with Crippen molar-refractivity contribution in [2.45, 2.75) is 104 Å². The van der Waals surface area contributed by atoms with Gasteiger partial charge in [-0.3, -0.25) is 0 Å². The lowest BCUT2D eigenvalue weighted by atomic mass is 9.99. The van der Waals surface area contributed by atoms with Gasteiger partial charge in [0, 0.05) is 23.3 Å².